The van der Waals surface area contributed by atoms with Crippen LogP contribution in [0.3, 0.4) is 0 Å². The summed E-state index contributed by atoms with van der Waals surface area (Å²) in [7, 11) is 1.37. The Bertz CT molecular complexity index is 1060. The predicted molar refractivity (Wildman–Crippen MR) is 123 cm³/mol. The number of amides is 1. The summed E-state index contributed by atoms with van der Waals surface area (Å²) in [6.45, 7) is 6.63. The zero-order valence-corrected chi connectivity index (χ0v) is 20.0. The Labute approximate surface area is 198 Å². The molecule has 1 spiro atoms. The van der Waals surface area contributed by atoms with Crippen LogP contribution in [0.15, 0.2) is 18.2 Å². The van der Waals surface area contributed by atoms with Gasteiger partial charge >= 0.3 is 5.97 Å². The fourth-order valence-electron chi connectivity index (χ4n) is 4.77. The van der Waals surface area contributed by atoms with Crippen molar-refractivity contribution in [2.24, 2.45) is 11.3 Å². The van der Waals surface area contributed by atoms with Crippen LogP contribution < -0.4 is 10.1 Å². The Morgan fingerprint density at radius 2 is 2.12 bits per heavy atom. The number of nitrogens with one attached hydrogen (secondary N) is 1. The molecule has 0 radical (unpaired) electrons. The summed E-state index contributed by atoms with van der Waals surface area (Å²) >= 11 is 0. The van der Waals surface area contributed by atoms with Crippen LogP contribution in [0.4, 0.5) is 4.39 Å². The molecule has 34 heavy (non-hydrogen) atoms. The van der Waals surface area contributed by atoms with Gasteiger partial charge in [0.05, 0.1) is 36.2 Å². The van der Waals surface area contributed by atoms with Gasteiger partial charge in [0, 0.05) is 32.2 Å². The molecule has 184 valence electrons. The summed E-state index contributed by atoms with van der Waals surface area (Å²) in [5.41, 5.74) is 2.52. The molecule has 4 rings (SSSR count). The highest BCUT2D eigenvalue weighted by Crippen LogP contribution is 2.37. The van der Waals surface area contributed by atoms with Crippen molar-refractivity contribution in [3.63, 3.8) is 0 Å². The van der Waals surface area contributed by atoms with Gasteiger partial charge < -0.3 is 19.5 Å². The molecule has 1 fully saturated rings. The van der Waals surface area contributed by atoms with Crippen molar-refractivity contribution in [3.8, 4) is 5.75 Å². The number of fused-ring (bicyclic) bond motifs is 1. The molecule has 3 heterocycles. The van der Waals surface area contributed by atoms with E-state index in [0.717, 1.165) is 36.7 Å². The molecule has 2 aromatic rings. The van der Waals surface area contributed by atoms with Crippen LogP contribution in [-0.2, 0) is 28.9 Å². The Morgan fingerprint density at radius 3 is 2.79 bits per heavy atom. The number of rotatable bonds is 7. The number of aromatic nitrogens is 2. The van der Waals surface area contributed by atoms with Gasteiger partial charge in [0.2, 0.25) is 0 Å². The zero-order valence-electron chi connectivity index (χ0n) is 20.0. The van der Waals surface area contributed by atoms with Crippen LogP contribution in [0.5, 0.6) is 5.75 Å². The average Bonchev–Trinajstić information content (AvgIpc) is 3.10. The maximum Gasteiger partial charge on any atom is 0.338 e. The number of nitrogens with zero attached hydrogens (tertiary/aromatic N) is 2. The summed E-state index contributed by atoms with van der Waals surface area (Å²) in [4.78, 5) is 25.4. The Balaban J connectivity index is 1.48. The normalized spacial score (nSPS) is 18.1. The van der Waals surface area contributed by atoms with E-state index in [1.165, 1.54) is 19.2 Å². The van der Waals surface area contributed by atoms with Gasteiger partial charge in [-0.25, -0.2) is 9.18 Å². The second-order valence-corrected chi connectivity index (χ2v) is 9.33. The number of carbonyl (C=O) groups excluding carboxylic acids is 2. The number of benzene rings is 1. The largest absolute Gasteiger partial charge is 0.494 e. The van der Waals surface area contributed by atoms with Gasteiger partial charge in [0.1, 0.15) is 0 Å². The van der Waals surface area contributed by atoms with E-state index < -0.39 is 11.8 Å². The fraction of sp³-hybridized carbons (Fsp3) is 0.560. The third-order valence-corrected chi connectivity index (χ3v) is 6.78. The van der Waals surface area contributed by atoms with Gasteiger partial charge in [0.15, 0.2) is 11.6 Å². The molecule has 8 nitrogen and oxygen atoms in total. The van der Waals surface area contributed by atoms with Crippen LogP contribution in [-0.4, -0.2) is 55.1 Å². The molecule has 1 aromatic heterocycles. The number of halogens is 1. The van der Waals surface area contributed by atoms with Gasteiger partial charge in [-0.3, -0.25) is 9.48 Å². The van der Waals surface area contributed by atoms with Crippen molar-refractivity contribution in [1.82, 2.24) is 15.1 Å². The second kappa shape index (κ2) is 10.1. The SMILES string of the molecule is CCc1nn(C[C@@H](C)COC(=O)c2ccc(OC)c(F)c2)c2c1C(=O)NCC1(CCOCC1)C2. The molecule has 0 bridgehead atoms. The number of esters is 1. The van der Waals surface area contributed by atoms with E-state index in [-0.39, 0.29) is 35.2 Å². The summed E-state index contributed by atoms with van der Waals surface area (Å²) in [6, 6.07) is 3.98. The standard InChI is InChI=1S/C25H32FN3O5/c1-4-19-22-20(12-25(15-27-23(22)30)7-9-33-10-8-25)29(28-19)13-16(2)14-34-24(31)17-5-6-21(32-3)18(26)11-17/h5-6,11,16H,4,7-10,12-15H2,1-3H3,(H,27,30)/t16-/m1/s1. The lowest BCUT2D eigenvalue weighted by molar-refractivity contribution is 0.0151. The molecule has 1 N–H and O–H groups in total. The minimum Gasteiger partial charge on any atom is -0.494 e. The molecule has 9 heteroatoms. The first-order valence-corrected chi connectivity index (χ1v) is 11.8. The first-order chi connectivity index (χ1) is 16.4. The number of methoxy groups -OCH3 is 1. The lowest BCUT2D eigenvalue weighted by Crippen LogP contribution is -2.41. The van der Waals surface area contributed by atoms with Crippen LogP contribution in [0.25, 0.3) is 0 Å². The fourth-order valence-corrected chi connectivity index (χ4v) is 4.77. The summed E-state index contributed by atoms with van der Waals surface area (Å²) in [5.74, 6) is -1.26. The third kappa shape index (κ3) is 4.94. The molecule has 2 aliphatic rings. The first kappa shape index (κ1) is 24.2. The van der Waals surface area contributed by atoms with Gasteiger partial charge in [0.25, 0.3) is 5.91 Å². The number of carbonyl (C=O) groups is 2. The zero-order chi connectivity index (χ0) is 24.3. The molecule has 2 aliphatic heterocycles. The number of ether oxygens (including phenoxy) is 3. The van der Waals surface area contributed by atoms with Crippen molar-refractivity contribution in [1.29, 1.82) is 0 Å². The van der Waals surface area contributed by atoms with E-state index in [1.54, 1.807) is 0 Å². The topological polar surface area (TPSA) is 91.7 Å². The van der Waals surface area contributed by atoms with E-state index in [9.17, 15) is 14.0 Å². The first-order valence-electron chi connectivity index (χ1n) is 11.8. The average molecular weight is 474 g/mol. The van der Waals surface area contributed by atoms with Crippen molar-refractivity contribution in [3.05, 3.63) is 46.5 Å². The van der Waals surface area contributed by atoms with Crippen molar-refractivity contribution in [2.45, 2.75) is 46.1 Å². The van der Waals surface area contributed by atoms with Gasteiger partial charge in [-0.15, -0.1) is 0 Å². The van der Waals surface area contributed by atoms with E-state index >= 15 is 0 Å². The molecule has 0 unspecified atom stereocenters. The minimum atomic E-state index is -0.614. The second-order valence-electron chi connectivity index (χ2n) is 9.33. The molecule has 1 aromatic carbocycles. The van der Waals surface area contributed by atoms with E-state index in [1.807, 2.05) is 18.5 Å². The van der Waals surface area contributed by atoms with E-state index in [0.29, 0.717) is 38.3 Å². The smallest absolute Gasteiger partial charge is 0.338 e. The monoisotopic (exact) mass is 473 g/mol. The highest BCUT2D eigenvalue weighted by atomic mass is 19.1. The summed E-state index contributed by atoms with van der Waals surface area (Å²) < 4.78 is 31.7. The van der Waals surface area contributed by atoms with Crippen molar-refractivity contribution < 1.29 is 28.2 Å². The number of hydrogen-bond donors (Lipinski definition) is 1. The van der Waals surface area contributed by atoms with Crippen LogP contribution in [0, 0.1) is 17.2 Å². The minimum absolute atomic E-state index is 0.0316. The van der Waals surface area contributed by atoms with Crippen LogP contribution >= 0.6 is 0 Å². The Hall–Kier alpha value is -2.94. The lowest BCUT2D eigenvalue weighted by atomic mass is 9.76. The van der Waals surface area contributed by atoms with Crippen LogP contribution in [0.2, 0.25) is 0 Å². The van der Waals surface area contributed by atoms with Crippen LogP contribution in [0.1, 0.15) is 58.8 Å². The summed E-state index contributed by atoms with van der Waals surface area (Å²) in [6.07, 6.45) is 3.20. The molecular formula is C25H32FN3O5. The summed E-state index contributed by atoms with van der Waals surface area (Å²) in [5, 5.41) is 7.87. The number of aryl methyl sites for hydroxylation is 1. The highest BCUT2D eigenvalue weighted by molar-refractivity contribution is 5.97. The molecule has 1 amide bonds. The van der Waals surface area contributed by atoms with Gasteiger partial charge in [-0.1, -0.05) is 13.8 Å². The highest BCUT2D eigenvalue weighted by Gasteiger charge is 2.39. The number of hydrogen-bond acceptors (Lipinski definition) is 6. The third-order valence-electron chi connectivity index (χ3n) is 6.78. The van der Waals surface area contributed by atoms with Gasteiger partial charge in [-0.05, 0) is 49.3 Å². The maximum absolute atomic E-state index is 13.9. The molecule has 0 saturated carbocycles. The van der Waals surface area contributed by atoms with Crippen molar-refractivity contribution >= 4 is 11.9 Å². The van der Waals surface area contributed by atoms with Crippen molar-refractivity contribution in [2.75, 3.05) is 33.5 Å². The molecule has 1 atom stereocenters. The Kier molecular flexibility index (Phi) is 7.21. The maximum atomic E-state index is 13.9. The lowest BCUT2D eigenvalue weighted by Gasteiger charge is -2.36. The quantitative estimate of drug-likeness (QED) is 0.621. The Morgan fingerprint density at radius 1 is 1.35 bits per heavy atom. The molecule has 0 aliphatic carbocycles. The molecular weight excluding hydrogens is 441 g/mol. The molecule has 1 saturated heterocycles. The predicted octanol–water partition coefficient (Wildman–Crippen LogP) is 3.17. The van der Waals surface area contributed by atoms with Gasteiger partial charge in [-0.2, -0.15) is 5.10 Å². The van der Waals surface area contributed by atoms with E-state index in [2.05, 4.69) is 5.32 Å². The van der Waals surface area contributed by atoms with E-state index in [4.69, 9.17) is 19.3 Å².